The van der Waals surface area contributed by atoms with E-state index >= 15 is 0 Å². The maximum atomic E-state index is 13.3. The highest BCUT2D eigenvalue weighted by molar-refractivity contribution is 8.01. The maximum absolute atomic E-state index is 13.3. The van der Waals surface area contributed by atoms with Crippen molar-refractivity contribution in [3.05, 3.63) is 53.4 Å². The summed E-state index contributed by atoms with van der Waals surface area (Å²) in [7, 11) is 0. The van der Waals surface area contributed by atoms with Crippen LogP contribution < -0.4 is 10.8 Å². The quantitative estimate of drug-likeness (QED) is 0.252. The number of thioether (sulfide) groups is 1. The van der Waals surface area contributed by atoms with Gasteiger partial charge in [-0.2, -0.15) is 0 Å². The van der Waals surface area contributed by atoms with E-state index in [9.17, 15) is 19.6 Å². The van der Waals surface area contributed by atoms with E-state index in [1.165, 1.54) is 18.7 Å². The van der Waals surface area contributed by atoms with E-state index in [4.69, 9.17) is 0 Å². The largest absolute Gasteiger partial charge is 0.346 e. The maximum Gasteiger partial charge on any atom is 0.248 e. The Morgan fingerprint density at radius 3 is 2.29 bits per heavy atom. The molecule has 0 aliphatic rings. The van der Waals surface area contributed by atoms with Crippen LogP contribution in [-0.2, 0) is 20.8 Å². The van der Waals surface area contributed by atoms with Crippen LogP contribution in [-0.4, -0.2) is 34.6 Å². The Bertz CT molecular complexity index is 841. The molecule has 0 saturated carbocycles. The first kappa shape index (κ1) is 25.1. The molecule has 3 N–H and O–H groups in total. The highest BCUT2D eigenvalue weighted by Gasteiger charge is 2.35. The van der Waals surface area contributed by atoms with E-state index in [2.05, 4.69) is 5.32 Å². The Labute approximate surface area is 191 Å². The van der Waals surface area contributed by atoms with Gasteiger partial charge in [0.25, 0.3) is 0 Å². The van der Waals surface area contributed by atoms with Crippen LogP contribution in [0.25, 0.3) is 0 Å². The van der Waals surface area contributed by atoms with Crippen LogP contribution in [0.1, 0.15) is 32.8 Å². The second kappa shape index (κ2) is 12.6. The van der Waals surface area contributed by atoms with Gasteiger partial charge >= 0.3 is 0 Å². The van der Waals surface area contributed by atoms with Gasteiger partial charge in [0.2, 0.25) is 11.8 Å². The van der Waals surface area contributed by atoms with Crippen molar-refractivity contribution in [3.8, 4) is 0 Å². The zero-order valence-electron chi connectivity index (χ0n) is 18.0. The molecule has 1 heterocycles. The summed E-state index contributed by atoms with van der Waals surface area (Å²) in [6.45, 7) is 5.41. The Kier molecular flexibility index (Phi) is 10.2. The molecule has 2 aromatic rings. The molecule has 8 heteroatoms. The molecule has 0 aliphatic heterocycles. The van der Waals surface area contributed by atoms with Crippen molar-refractivity contribution in [2.24, 2.45) is 17.8 Å². The van der Waals surface area contributed by atoms with Crippen molar-refractivity contribution < 1.29 is 19.6 Å². The van der Waals surface area contributed by atoms with Gasteiger partial charge in [-0.3, -0.25) is 19.6 Å². The normalized spacial score (nSPS) is 14.0. The third-order valence-electron chi connectivity index (χ3n) is 4.98. The molecule has 1 aromatic heterocycles. The van der Waals surface area contributed by atoms with Crippen LogP contribution in [0.15, 0.2) is 52.1 Å². The number of ketones is 1. The third kappa shape index (κ3) is 8.12. The number of carbonyl (C=O) groups excluding carboxylic acids is 3. The number of Topliss-reactive ketones (excluding diaryl/α,β-unsaturated/α-hetero) is 1. The first-order valence-corrected chi connectivity index (χ1v) is 12.1. The number of nitrogens with one attached hydrogen (secondary N) is 2. The molecule has 3 atom stereocenters. The smallest absolute Gasteiger partial charge is 0.248 e. The summed E-state index contributed by atoms with van der Waals surface area (Å²) < 4.78 is 1.03. The van der Waals surface area contributed by atoms with Crippen LogP contribution >= 0.6 is 23.1 Å². The first-order valence-electron chi connectivity index (χ1n) is 10.3. The zero-order chi connectivity index (χ0) is 22.8. The number of rotatable bonds is 12. The summed E-state index contributed by atoms with van der Waals surface area (Å²) >= 11 is 3.04. The lowest BCUT2D eigenvalue weighted by Crippen LogP contribution is -2.48. The molecule has 0 aliphatic carbocycles. The van der Waals surface area contributed by atoms with Crippen LogP contribution in [0, 0.1) is 17.8 Å². The Morgan fingerprint density at radius 1 is 1.03 bits per heavy atom. The molecule has 0 spiro atoms. The minimum Gasteiger partial charge on any atom is -0.346 e. The van der Waals surface area contributed by atoms with Crippen LogP contribution in [0.4, 0.5) is 0 Å². The Hall–Kier alpha value is -2.16. The number of carbonyl (C=O) groups is 3. The van der Waals surface area contributed by atoms with Crippen molar-refractivity contribution >= 4 is 40.7 Å². The summed E-state index contributed by atoms with van der Waals surface area (Å²) in [4.78, 5) is 38.0. The molecule has 6 nitrogen and oxygen atoms in total. The average molecular weight is 463 g/mol. The minimum atomic E-state index is -0.733. The van der Waals surface area contributed by atoms with Crippen LogP contribution in [0.2, 0.25) is 0 Å². The molecule has 1 aromatic carbocycles. The summed E-state index contributed by atoms with van der Waals surface area (Å²) in [5.41, 5.74) is 2.67. The SMILES string of the molecule is CC(=O)[C@H](Cc1ccccc1)NC(=O)C(CC(C)C)C(CSc1cccs1)C(=O)NO. The third-order valence-corrected chi connectivity index (χ3v) is 7.24. The fourth-order valence-electron chi connectivity index (χ4n) is 3.36. The Balaban J connectivity index is 2.19. The number of hydroxylamine groups is 1. The van der Waals surface area contributed by atoms with Crippen molar-refractivity contribution in [2.75, 3.05) is 5.75 Å². The van der Waals surface area contributed by atoms with E-state index in [-0.39, 0.29) is 17.6 Å². The number of hydrogen-bond acceptors (Lipinski definition) is 6. The van der Waals surface area contributed by atoms with Gasteiger partial charge in [-0.25, -0.2) is 5.48 Å². The van der Waals surface area contributed by atoms with E-state index in [0.717, 1.165) is 9.77 Å². The van der Waals surface area contributed by atoms with Crippen molar-refractivity contribution in [2.45, 2.75) is 43.9 Å². The van der Waals surface area contributed by atoms with Gasteiger partial charge in [0.05, 0.1) is 22.1 Å². The predicted octanol–water partition coefficient (Wildman–Crippen LogP) is 3.94. The van der Waals surface area contributed by atoms with Crippen molar-refractivity contribution in [1.29, 1.82) is 0 Å². The molecule has 0 saturated heterocycles. The molecule has 0 radical (unpaired) electrons. The lowest BCUT2D eigenvalue weighted by molar-refractivity contribution is -0.140. The molecule has 0 bridgehead atoms. The first-order chi connectivity index (χ1) is 14.8. The summed E-state index contributed by atoms with van der Waals surface area (Å²) in [6.07, 6.45) is 0.849. The minimum absolute atomic E-state index is 0.142. The van der Waals surface area contributed by atoms with Crippen molar-refractivity contribution in [1.82, 2.24) is 10.8 Å². The fourth-order valence-corrected chi connectivity index (χ4v) is 5.36. The molecular weight excluding hydrogens is 432 g/mol. The van der Waals surface area contributed by atoms with E-state index < -0.39 is 23.8 Å². The molecule has 2 amide bonds. The lowest BCUT2D eigenvalue weighted by Gasteiger charge is -2.28. The van der Waals surface area contributed by atoms with Gasteiger partial charge in [-0.05, 0) is 42.7 Å². The highest BCUT2D eigenvalue weighted by atomic mass is 32.2. The average Bonchev–Trinajstić information content (AvgIpc) is 3.26. The van der Waals surface area contributed by atoms with Gasteiger partial charge in [0.1, 0.15) is 0 Å². The Morgan fingerprint density at radius 2 is 1.74 bits per heavy atom. The predicted molar refractivity (Wildman–Crippen MR) is 124 cm³/mol. The number of thiophene rings is 1. The van der Waals surface area contributed by atoms with Crippen molar-refractivity contribution in [3.63, 3.8) is 0 Å². The van der Waals surface area contributed by atoms with Crippen LogP contribution in [0.3, 0.4) is 0 Å². The highest BCUT2D eigenvalue weighted by Crippen LogP contribution is 2.31. The van der Waals surface area contributed by atoms with Gasteiger partial charge in [0, 0.05) is 5.75 Å². The molecular formula is C23H30N2O4S2. The summed E-state index contributed by atoms with van der Waals surface area (Å²) in [5.74, 6) is -1.97. The van der Waals surface area contributed by atoms with Gasteiger partial charge in [-0.15, -0.1) is 23.1 Å². The number of hydrogen-bond donors (Lipinski definition) is 3. The lowest BCUT2D eigenvalue weighted by atomic mass is 9.84. The summed E-state index contributed by atoms with van der Waals surface area (Å²) in [5, 5.41) is 14.1. The van der Waals surface area contributed by atoms with E-state index in [0.29, 0.717) is 18.6 Å². The van der Waals surface area contributed by atoms with E-state index in [1.807, 2.05) is 61.7 Å². The summed E-state index contributed by atoms with van der Waals surface area (Å²) in [6, 6.07) is 12.7. The van der Waals surface area contributed by atoms with Gasteiger partial charge in [-0.1, -0.05) is 50.2 Å². The molecule has 31 heavy (non-hydrogen) atoms. The second-order valence-corrected chi connectivity index (χ2v) is 10.2. The second-order valence-electron chi connectivity index (χ2n) is 7.92. The molecule has 168 valence electrons. The fraction of sp³-hybridized carbons (Fsp3) is 0.435. The standard InChI is InChI=1S/C23H30N2O4S2/c1-15(2)12-18(19(23(28)25-29)14-31-21-10-7-11-30-21)22(27)24-20(16(3)26)13-17-8-5-4-6-9-17/h4-11,15,18-20,29H,12-14H2,1-3H3,(H,24,27)(H,25,28)/t18?,19?,20-/m0/s1. The molecule has 2 rings (SSSR count). The van der Waals surface area contributed by atoms with Gasteiger partial charge < -0.3 is 5.32 Å². The zero-order valence-corrected chi connectivity index (χ0v) is 19.7. The number of amides is 2. The molecule has 2 unspecified atom stereocenters. The monoisotopic (exact) mass is 462 g/mol. The number of benzene rings is 1. The van der Waals surface area contributed by atoms with Crippen LogP contribution in [0.5, 0.6) is 0 Å². The van der Waals surface area contributed by atoms with Gasteiger partial charge in [0.15, 0.2) is 5.78 Å². The topological polar surface area (TPSA) is 95.5 Å². The van der Waals surface area contributed by atoms with E-state index in [1.54, 1.807) is 16.8 Å². The molecule has 0 fully saturated rings.